The number of hydrogen-bond donors (Lipinski definition) is 3. The number of halogens is 4. The number of alkyl halides is 3. The minimum absolute atomic E-state index is 0.000220. The molecule has 190 valence electrons. The first kappa shape index (κ1) is 25.5. The van der Waals surface area contributed by atoms with Gasteiger partial charge in [-0.25, -0.2) is 9.50 Å². The lowest BCUT2D eigenvalue weighted by molar-refractivity contribution is -0.166. The number of benzene rings is 1. The Morgan fingerprint density at radius 2 is 2.08 bits per heavy atom. The zero-order chi connectivity index (χ0) is 26.5. The Kier molecular flexibility index (Phi) is 6.43. The van der Waals surface area contributed by atoms with E-state index < -0.39 is 30.1 Å². The van der Waals surface area contributed by atoms with E-state index >= 15 is 0 Å². The Hall–Kier alpha value is -3.64. The molecule has 36 heavy (non-hydrogen) atoms. The van der Waals surface area contributed by atoms with E-state index in [1.165, 1.54) is 29.8 Å². The summed E-state index contributed by atoms with van der Waals surface area (Å²) in [7, 11) is 0. The van der Waals surface area contributed by atoms with Crippen molar-refractivity contribution in [3.63, 3.8) is 0 Å². The second-order valence-corrected chi connectivity index (χ2v) is 9.02. The second kappa shape index (κ2) is 9.10. The summed E-state index contributed by atoms with van der Waals surface area (Å²) in [5, 5.41) is 15.8. The van der Waals surface area contributed by atoms with Crippen molar-refractivity contribution >= 4 is 34.9 Å². The van der Waals surface area contributed by atoms with E-state index in [1.54, 1.807) is 13.0 Å². The van der Waals surface area contributed by atoms with E-state index in [2.05, 4.69) is 22.0 Å². The first-order valence-electron chi connectivity index (χ1n) is 10.8. The van der Waals surface area contributed by atoms with Gasteiger partial charge in [-0.05, 0) is 43.2 Å². The van der Waals surface area contributed by atoms with Crippen molar-refractivity contribution in [2.45, 2.75) is 38.7 Å². The molecule has 9 nitrogen and oxygen atoms in total. The number of aliphatic hydroxyl groups excluding tert-OH is 1. The highest BCUT2D eigenvalue weighted by Gasteiger charge is 2.48. The largest absolute Gasteiger partial charge is 0.412 e. The summed E-state index contributed by atoms with van der Waals surface area (Å²) in [6.07, 6.45) is -3.18. The molecule has 0 saturated carbocycles. The number of carbonyl (C=O) groups excluding carboxylic acids is 2. The Morgan fingerprint density at radius 3 is 2.69 bits per heavy atom. The van der Waals surface area contributed by atoms with Crippen LogP contribution in [0.2, 0.25) is 5.02 Å². The third kappa shape index (κ3) is 4.37. The molecular weight excluding hydrogens is 501 g/mol. The Bertz CT molecular complexity index is 1400. The van der Waals surface area contributed by atoms with E-state index in [1.807, 2.05) is 0 Å². The number of rotatable bonds is 6. The molecule has 1 aromatic carbocycles. The van der Waals surface area contributed by atoms with E-state index in [-0.39, 0.29) is 46.3 Å². The average Bonchev–Trinajstić information content (AvgIpc) is 3.27. The first-order valence-corrected chi connectivity index (χ1v) is 11.1. The lowest BCUT2D eigenvalue weighted by atomic mass is 10.0. The topological polar surface area (TPSA) is 126 Å². The molecule has 13 heteroatoms. The zero-order valence-electron chi connectivity index (χ0n) is 19.2. The normalized spacial score (nSPS) is 15.2. The van der Waals surface area contributed by atoms with Gasteiger partial charge >= 0.3 is 6.18 Å². The molecule has 0 aliphatic carbocycles. The summed E-state index contributed by atoms with van der Waals surface area (Å²) < 4.78 is 42.3. The molecule has 1 aliphatic heterocycles. The molecule has 2 aromatic heterocycles. The van der Waals surface area contributed by atoms with Crippen LogP contribution in [0, 0.1) is 0 Å². The quantitative estimate of drug-likeness (QED) is 0.427. The fourth-order valence-corrected chi connectivity index (χ4v) is 4.49. The van der Waals surface area contributed by atoms with Gasteiger partial charge in [0.05, 0.1) is 22.9 Å². The predicted molar refractivity (Wildman–Crippen MR) is 126 cm³/mol. The molecule has 2 amide bonds. The smallest absolute Gasteiger partial charge is 0.394 e. The summed E-state index contributed by atoms with van der Waals surface area (Å²) in [6, 6.07) is 1.85. The molecular formula is C23H22ClF3N6O3. The summed E-state index contributed by atoms with van der Waals surface area (Å²) in [5.41, 5.74) is 6.88. The third-order valence-corrected chi connectivity index (χ3v) is 6.06. The van der Waals surface area contributed by atoms with Crippen molar-refractivity contribution in [3.8, 4) is 11.3 Å². The van der Waals surface area contributed by atoms with Crippen molar-refractivity contribution in [2.75, 3.05) is 12.3 Å². The predicted octanol–water partition coefficient (Wildman–Crippen LogP) is 3.21. The Balaban J connectivity index is 1.75. The number of nitrogens with one attached hydrogen (secondary N) is 1. The molecule has 1 aliphatic rings. The second-order valence-electron chi connectivity index (χ2n) is 8.61. The van der Waals surface area contributed by atoms with Crippen molar-refractivity contribution in [1.82, 2.24) is 24.8 Å². The Morgan fingerprint density at radius 1 is 1.39 bits per heavy atom. The van der Waals surface area contributed by atoms with Crippen molar-refractivity contribution in [3.05, 3.63) is 58.3 Å². The number of anilines is 1. The van der Waals surface area contributed by atoms with Crippen molar-refractivity contribution in [1.29, 1.82) is 0 Å². The number of nitrogen functional groups attached to an aromatic ring is 1. The van der Waals surface area contributed by atoms with Crippen LogP contribution in [0.25, 0.3) is 16.9 Å². The van der Waals surface area contributed by atoms with Gasteiger partial charge in [-0.2, -0.15) is 13.2 Å². The van der Waals surface area contributed by atoms with Gasteiger partial charge in [-0.15, -0.1) is 5.10 Å². The van der Waals surface area contributed by atoms with Crippen LogP contribution in [0.1, 0.15) is 40.1 Å². The van der Waals surface area contributed by atoms with Crippen LogP contribution in [0.15, 0.2) is 36.5 Å². The molecule has 4 N–H and O–H groups in total. The number of nitrogens with two attached hydrogens (primary N) is 1. The maximum absolute atomic E-state index is 13.7. The number of hydrogen-bond acceptors (Lipinski definition) is 6. The van der Waals surface area contributed by atoms with Gasteiger partial charge in [0.15, 0.2) is 11.5 Å². The van der Waals surface area contributed by atoms with E-state index in [9.17, 15) is 27.9 Å². The lowest BCUT2D eigenvalue weighted by Gasteiger charge is -2.30. The molecule has 0 bridgehead atoms. The minimum Gasteiger partial charge on any atom is -0.394 e. The van der Waals surface area contributed by atoms with Gasteiger partial charge in [-0.3, -0.25) is 9.59 Å². The van der Waals surface area contributed by atoms with Crippen LogP contribution in [-0.2, 0) is 6.54 Å². The number of amides is 2. The maximum Gasteiger partial charge on any atom is 0.412 e. The standard InChI is InChI=1S/C23H22ClF3N6O3/c1-10(2)18(23(25,26)27)32-8-13-6-12(7-14(24)16(13)22(32)36)15-4-5-33-20(30-15)17(19(28)31-33)21(35)29-11(3)9-34/h4-7,11,18,34H,1,8-9H2,2-3H3,(H2,28,31)(H,29,35)/t11-,18+/m1/s1. The van der Waals surface area contributed by atoms with Crippen molar-refractivity contribution < 1.29 is 27.9 Å². The van der Waals surface area contributed by atoms with Crippen LogP contribution in [0.3, 0.4) is 0 Å². The summed E-state index contributed by atoms with van der Waals surface area (Å²) in [6.45, 7) is 5.63. The number of aromatic nitrogens is 3. The fraction of sp³-hybridized carbons (Fsp3) is 0.304. The summed E-state index contributed by atoms with van der Waals surface area (Å²) >= 11 is 6.36. The number of carbonyl (C=O) groups is 2. The number of fused-ring (bicyclic) bond motifs is 2. The number of aliphatic hydroxyl groups is 1. The lowest BCUT2D eigenvalue weighted by Crippen LogP contribution is -2.46. The molecule has 0 unspecified atom stereocenters. The molecule has 0 spiro atoms. The molecule has 3 aromatic rings. The van der Waals surface area contributed by atoms with Crippen molar-refractivity contribution in [2.24, 2.45) is 0 Å². The van der Waals surface area contributed by atoms with Gasteiger partial charge < -0.3 is 21.1 Å². The highest BCUT2D eigenvalue weighted by Crippen LogP contribution is 2.39. The molecule has 0 fully saturated rings. The van der Waals surface area contributed by atoms with Gasteiger partial charge in [-0.1, -0.05) is 18.2 Å². The summed E-state index contributed by atoms with van der Waals surface area (Å²) in [5.74, 6) is -1.50. The van der Waals surface area contributed by atoms with Gasteiger partial charge in [0.2, 0.25) is 0 Å². The van der Waals surface area contributed by atoms with Crippen LogP contribution < -0.4 is 11.1 Å². The SMILES string of the molecule is C=C(C)[C@H](N1Cc2cc(-c3ccn4nc(N)c(C(=O)N[C@H](C)CO)c4n3)cc(Cl)c2C1=O)C(F)(F)F. The molecule has 4 rings (SSSR count). The highest BCUT2D eigenvalue weighted by molar-refractivity contribution is 6.34. The summed E-state index contributed by atoms with van der Waals surface area (Å²) in [4.78, 5) is 30.7. The zero-order valence-corrected chi connectivity index (χ0v) is 20.0. The molecule has 3 heterocycles. The van der Waals surface area contributed by atoms with Crippen LogP contribution in [0.4, 0.5) is 19.0 Å². The van der Waals surface area contributed by atoms with Gasteiger partial charge in [0.1, 0.15) is 11.6 Å². The van der Waals surface area contributed by atoms with Crippen LogP contribution in [-0.4, -0.2) is 61.3 Å². The third-order valence-electron chi connectivity index (χ3n) is 5.76. The molecule has 0 radical (unpaired) electrons. The highest BCUT2D eigenvalue weighted by atomic mass is 35.5. The Labute approximate surface area is 208 Å². The first-order chi connectivity index (χ1) is 16.8. The molecule has 0 saturated heterocycles. The van der Waals surface area contributed by atoms with Crippen LogP contribution in [0.5, 0.6) is 0 Å². The van der Waals surface area contributed by atoms with E-state index in [0.29, 0.717) is 21.7 Å². The average molecular weight is 523 g/mol. The van der Waals surface area contributed by atoms with Crippen LogP contribution >= 0.6 is 11.6 Å². The molecule has 2 atom stereocenters. The fourth-order valence-electron chi connectivity index (χ4n) is 4.17. The number of nitrogens with zero attached hydrogens (tertiary/aromatic N) is 4. The maximum atomic E-state index is 13.7. The van der Waals surface area contributed by atoms with Gasteiger partial charge in [0.25, 0.3) is 11.8 Å². The van der Waals surface area contributed by atoms with E-state index in [0.717, 1.165) is 0 Å². The van der Waals surface area contributed by atoms with E-state index in [4.69, 9.17) is 17.3 Å². The van der Waals surface area contributed by atoms with Gasteiger partial charge in [0, 0.05) is 24.3 Å². The monoisotopic (exact) mass is 522 g/mol. The minimum atomic E-state index is -4.70.